The van der Waals surface area contributed by atoms with Crippen molar-refractivity contribution in [1.82, 2.24) is 0 Å². The fourth-order valence-corrected chi connectivity index (χ4v) is 5.82. The fourth-order valence-electron chi connectivity index (χ4n) is 5.82. The van der Waals surface area contributed by atoms with Crippen LogP contribution in [0.25, 0.3) is 0 Å². The maximum atomic E-state index is 12.0. The molecule has 0 unspecified atom stereocenters. The zero-order chi connectivity index (χ0) is 37.5. The monoisotopic (exact) mass is 717 g/mol. The molecule has 0 radical (unpaired) electrons. The fraction of sp³-hybridized carbons (Fsp3) is 0.778. The molecule has 6 heteroatoms. The highest BCUT2D eigenvalue weighted by Gasteiger charge is 2.12. The lowest BCUT2D eigenvalue weighted by atomic mass is 10.0. The van der Waals surface area contributed by atoms with E-state index in [1.807, 2.05) is 30.4 Å². The predicted octanol–water partition coefficient (Wildman–Crippen LogP) is 12.2. The molecule has 2 N–H and O–H groups in total. The average Bonchev–Trinajstić information content (AvgIpc) is 3.11. The zero-order valence-corrected chi connectivity index (χ0v) is 33.4. The first kappa shape index (κ1) is 48.8. The minimum atomic E-state index is -1.00. The van der Waals surface area contributed by atoms with Gasteiger partial charge in [-0.15, -0.1) is 0 Å². The van der Waals surface area contributed by atoms with Crippen molar-refractivity contribution in [3.63, 3.8) is 0 Å². The molecule has 0 aliphatic carbocycles. The summed E-state index contributed by atoms with van der Waals surface area (Å²) in [5, 5.41) is 20.0. The molecule has 0 aliphatic heterocycles. The van der Waals surface area contributed by atoms with Crippen LogP contribution in [0.15, 0.2) is 48.6 Å². The predicted molar refractivity (Wildman–Crippen MR) is 216 cm³/mol. The van der Waals surface area contributed by atoms with E-state index in [9.17, 15) is 19.8 Å². The van der Waals surface area contributed by atoms with E-state index in [1.54, 1.807) is 6.08 Å². The Labute approximate surface area is 314 Å². The normalized spacial score (nSPS) is 13.4. The van der Waals surface area contributed by atoms with Gasteiger partial charge in [-0.05, 0) is 50.9 Å². The Hall–Kier alpha value is -2.18. The van der Waals surface area contributed by atoms with Gasteiger partial charge in [0, 0.05) is 12.8 Å². The number of hydrogen-bond donors (Lipinski definition) is 2. The van der Waals surface area contributed by atoms with Crippen LogP contribution in [0.5, 0.6) is 0 Å². The second-order valence-electron chi connectivity index (χ2n) is 14.8. The standard InChI is InChI=1S/C45H80O6/c1-4-5-6-7-25-30-35-42(46)36-31-26-21-18-19-23-28-33-38-45(49)51-40-43(47)39-50-44(48)37-32-27-22-17-15-13-11-9-8-10-12-14-16-20-24-29-34-41(2)3/h19,21,23,25-26,30-31,36,41-43,46-47H,4-18,20,22,24,27-29,32-35,37-40H2,1-3H3/b23-19-,26-21-,30-25-,36-31+/t42-,43-/m1/s1. The van der Waals surface area contributed by atoms with Crippen LogP contribution in [0, 0.1) is 5.92 Å². The van der Waals surface area contributed by atoms with Crippen molar-refractivity contribution in [2.45, 2.75) is 206 Å². The highest BCUT2D eigenvalue weighted by Crippen LogP contribution is 2.15. The molecule has 6 nitrogen and oxygen atoms in total. The molecule has 0 aromatic carbocycles. The van der Waals surface area contributed by atoms with E-state index in [-0.39, 0.29) is 31.6 Å². The van der Waals surface area contributed by atoms with E-state index in [0.29, 0.717) is 19.3 Å². The summed E-state index contributed by atoms with van der Waals surface area (Å²) in [4.78, 5) is 24.0. The number of rotatable bonds is 37. The van der Waals surface area contributed by atoms with Gasteiger partial charge < -0.3 is 19.7 Å². The number of allylic oxidation sites excluding steroid dienone is 6. The number of carbonyl (C=O) groups excluding carboxylic acids is 2. The number of esters is 2. The summed E-state index contributed by atoms with van der Waals surface area (Å²) in [6.07, 6.45) is 44.9. The lowest BCUT2D eigenvalue weighted by Gasteiger charge is -2.12. The molecule has 0 amide bonds. The van der Waals surface area contributed by atoms with Gasteiger partial charge in [-0.1, -0.05) is 185 Å². The average molecular weight is 717 g/mol. The quantitative estimate of drug-likeness (QED) is 0.0288. The summed E-state index contributed by atoms with van der Waals surface area (Å²) in [6, 6.07) is 0. The third-order valence-corrected chi connectivity index (χ3v) is 9.08. The lowest BCUT2D eigenvalue weighted by molar-refractivity contribution is -0.152. The maximum absolute atomic E-state index is 12.0. The van der Waals surface area contributed by atoms with Gasteiger partial charge in [0.05, 0.1) is 6.10 Å². The molecular weight excluding hydrogens is 636 g/mol. The molecule has 0 heterocycles. The van der Waals surface area contributed by atoms with E-state index in [1.165, 1.54) is 109 Å². The Balaban J connectivity index is 3.55. The molecule has 0 rings (SSSR count). The van der Waals surface area contributed by atoms with Crippen LogP contribution in [-0.4, -0.2) is 47.6 Å². The van der Waals surface area contributed by atoms with Crippen molar-refractivity contribution < 1.29 is 29.3 Å². The van der Waals surface area contributed by atoms with E-state index < -0.39 is 12.2 Å². The summed E-state index contributed by atoms with van der Waals surface area (Å²) in [6.45, 7) is 6.52. The Morgan fingerprint density at radius 1 is 0.549 bits per heavy atom. The van der Waals surface area contributed by atoms with E-state index in [0.717, 1.165) is 44.4 Å². The molecule has 0 spiro atoms. The van der Waals surface area contributed by atoms with E-state index in [2.05, 4.69) is 32.9 Å². The number of unbranched alkanes of at least 4 members (excludes halogenated alkanes) is 19. The van der Waals surface area contributed by atoms with Gasteiger partial charge in [-0.3, -0.25) is 9.59 Å². The van der Waals surface area contributed by atoms with Crippen molar-refractivity contribution in [1.29, 1.82) is 0 Å². The molecule has 0 saturated carbocycles. The first-order chi connectivity index (χ1) is 24.8. The summed E-state index contributed by atoms with van der Waals surface area (Å²) in [5.74, 6) is 0.190. The van der Waals surface area contributed by atoms with Gasteiger partial charge >= 0.3 is 11.9 Å². The largest absolute Gasteiger partial charge is 0.463 e. The van der Waals surface area contributed by atoms with Gasteiger partial charge in [0.25, 0.3) is 0 Å². The van der Waals surface area contributed by atoms with Crippen molar-refractivity contribution in [3.05, 3.63) is 48.6 Å². The van der Waals surface area contributed by atoms with Crippen LogP contribution in [0.3, 0.4) is 0 Å². The third kappa shape index (κ3) is 40.4. The van der Waals surface area contributed by atoms with Gasteiger partial charge in [0.1, 0.15) is 19.3 Å². The molecule has 296 valence electrons. The summed E-state index contributed by atoms with van der Waals surface area (Å²) in [7, 11) is 0. The second-order valence-corrected chi connectivity index (χ2v) is 14.8. The first-order valence-electron chi connectivity index (χ1n) is 21.2. The Morgan fingerprint density at radius 2 is 1.04 bits per heavy atom. The smallest absolute Gasteiger partial charge is 0.305 e. The zero-order valence-electron chi connectivity index (χ0n) is 33.4. The minimum Gasteiger partial charge on any atom is -0.463 e. The van der Waals surface area contributed by atoms with Crippen molar-refractivity contribution in [3.8, 4) is 0 Å². The van der Waals surface area contributed by atoms with Crippen LogP contribution < -0.4 is 0 Å². The summed E-state index contributed by atoms with van der Waals surface area (Å²) >= 11 is 0. The van der Waals surface area contributed by atoms with Crippen molar-refractivity contribution >= 4 is 11.9 Å². The molecule has 0 aromatic heterocycles. The molecule has 0 saturated heterocycles. The first-order valence-corrected chi connectivity index (χ1v) is 21.2. The highest BCUT2D eigenvalue weighted by atomic mass is 16.6. The number of hydrogen-bond acceptors (Lipinski definition) is 6. The molecule has 2 atom stereocenters. The Morgan fingerprint density at radius 3 is 1.59 bits per heavy atom. The van der Waals surface area contributed by atoms with Crippen LogP contribution in [-0.2, 0) is 19.1 Å². The number of ether oxygens (including phenoxy) is 2. The lowest BCUT2D eigenvalue weighted by Crippen LogP contribution is -2.25. The van der Waals surface area contributed by atoms with Crippen LogP contribution in [0.4, 0.5) is 0 Å². The van der Waals surface area contributed by atoms with Gasteiger partial charge in [0.15, 0.2) is 0 Å². The summed E-state index contributed by atoms with van der Waals surface area (Å²) in [5.41, 5.74) is 0. The van der Waals surface area contributed by atoms with Gasteiger partial charge in [-0.25, -0.2) is 0 Å². The number of aliphatic hydroxyl groups excluding tert-OH is 2. The SMILES string of the molecule is CCCCC/C=C\C[C@@H](O)/C=C/C=C\C/C=C\CCCC(=O)OC[C@H](O)COC(=O)CCCCCCCCCCCCCCCCCCC(C)C. The van der Waals surface area contributed by atoms with Crippen molar-refractivity contribution in [2.24, 2.45) is 5.92 Å². The topological polar surface area (TPSA) is 93.1 Å². The molecule has 0 bridgehead atoms. The summed E-state index contributed by atoms with van der Waals surface area (Å²) < 4.78 is 10.3. The maximum Gasteiger partial charge on any atom is 0.305 e. The van der Waals surface area contributed by atoms with Gasteiger partial charge in [-0.2, -0.15) is 0 Å². The van der Waals surface area contributed by atoms with Gasteiger partial charge in [0.2, 0.25) is 0 Å². The molecule has 0 aliphatic rings. The number of aliphatic hydroxyl groups is 2. The number of carbonyl (C=O) groups is 2. The second kappa shape index (κ2) is 39.0. The van der Waals surface area contributed by atoms with E-state index >= 15 is 0 Å². The van der Waals surface area contributed by atoms with Crippen LogP contribution >= 0.6 is 0 Å². The highest BCUT2D eigenvalue weighted by molar-refractivity contribution is 5.69. The minimum absolute atomic E-state index is 0.148. The van der Waals surface area contributed by atoms with Crippen molar-refractivity contribution in [2.75, 3.05) is 13.2 Å². The molecule has 51 heavy (non-hydrogen) atoms. The van der Waals surface area contributed by atoms with E-state index in [4.69, 9.17) is 9.47 Å². The van der Waals surface area contributed by atoms with Crippen LogP contribution in [0.1, 0.15) is 194 Å². The Bertz CT molecular complexity index is 889. The molecule has 0 aromatic rings. The Kier molecular flexibility index (Phi) is 37.4. The molecule has 0 fully saturated rings. The molecular formula is C45H80O6. The third-order valence-electron chi connectivity index (χ3n) is 9.08. The van der Waals surface area contributed by atoms with Crippen LogP contribution in [0.2, 0.25) is 0 Å².